The summed E-state index contributed by atoms with van der Waals surface area (Å²) in [5, 5.41) is 3.29. The summed E-state index contributed by atoms with van der Waals surface area (Å²) >= 11 is 0. The predicted octanol–water partition coefficient (Wildman–Crippen LogP) is 2.69. The highest BCUT2D eigenvalue weighted by molar-refractivity contribution is 5.35. The van der Waals surface area contributed by atoms with Gasteiger partial charge in [0.15, 0.2) is 0 Å². The molecule has 1 aromatic carbocycles. The molecule has 106 valence electrons. The van der Waals surface area contributed by atoms with Crippen molar-refractivity contribution in [3.63, 3.8) is 0 Å². The number of piperidine rings is 1. The lowest BCUT2D eigenvalue weighted by atomic mass is 9.94. The predicted molar refractivity (Wildman–Crippen MR) is 79.6 cm³/mol. The van der Waals surface area contributed by atoms with Crippen LogP contribution in [0.3, 0.4) is 0 Å². The summed E-state index contributed by atoms with van der Waals surface area (Å²) in [6, 6.07) is 8.81. The van der Waals surface area contributed by atoms with E-state index in [9.17, 15) is 0 Å². The normalized spacial score (nSPS) is 19.3. The summed E-state index contributed by atoms with van der Waals surface area (Å²) in [7, 11) is 3.80. The van der Waals surface area contributed by atoms with Crippen LogP contribution in [-0.2, 0) is 0 Å². The minimum absolute atomic E-state index is 0.437. The number of likely N-dealkylation sites (tertiary alicyclic amines) is 1. The van der Waals surface area contributed by atoms with E-state index in [1.165, 1.54) is 31.5 Å². The van der Waals surface area contributed by atoms with Gasteiger partial charge in [-0.05, 0) is 58.4 Å². The number of hydrogen-bond acceptors (Lipinski definition) is 3. The van der Waals surface area contributed by atoms with Gasteiger partial charge in [0, 0.05) is 11.6 Å². The first-order valence-electron chi connectivity index (χ1n) is 7.27. The molecule has 1 saturated heterocycles. The molecule has 1 N–H and O–H groups in total. The number of benzene rings is 1. The summed E-state index contributed by atoms with van der Waals surface area (Å²) < 4.78 is 5.48. The molecule has 0 aromatic heterocycles. The summed E-state index contributed by atoms with van der Waals surface area (Å²) in [5.74, 6) is 1.85. The average Bonchev–Trinajstić information content (AvgIpc) is 2.47. The van der Waals surface area contributed by atoms with Crippen LogP contribution in [0.2, 0.25) is 0 Å². The molecule has 2 rings (SSSR count). The van der Waals surface area contributed by atoms with Crippen LogP contribution < -0.4 is 10.1 Å². The molecule has 1 aliphatic rings. The first-order chi connectivity index (χ1) is 9.26. The molecule has 1 unspecified atom stereocenters. The van der Waals surface area contributed by atoms with Gasteiger partial charge in [-0.2, -0.15) is 0 Å². The number of ether oxygens (including phenoxy) is 1. The largest absolute Gasteiger partial charge is 0.496 e. The number of rotatable bonds is 5. The monoisotopic (exact) mass is 262 g/mol. The molecule has 0 amide bonds. The average molecular weight is 262 g/mol. The maximum Gasteiger partial charge on any atom is 0.123 e. The van der Waals surface area contributed by atoms with E-state index in [-0.39, 0.29) is 0 Å². The molecule has 1 fully saturated rings. The zero-order chi connectivity index (χ0) is 13.7. The van der Waals surface area contributed by atoms with Crippen LogP contribution in [0.1, 0.15) is 31.4 Å². The van der Waals surface area contributed by atoms with E-state index in [0.717, 1.165) is 18.2 Å². The third-order valence-electron chi connectivity index (χ3n) is 4.28. The second kappa shape index (κ2) is 6.92. The molecule has 19 heavy (non-hydrogen) atoms. The highest BCUT2D eigenvalue weighted by atomic mass is 16.5. The Morgan fingerprint density at radius 1 is 1.32 bits per heavy atom. The van der Waals surface area contributed by atoms with E-state index in [1.807, 2.05) is 13.1 Å². The Hall–Kier alpha value is -1.06. The number of para-hydroxylation sites is 1. The Morgan fingerprint density at radius 3 is 2.63 bits per heavy atom. The van der Waals surface area contributed by atoms with Gasteiger partial charge in [-0.1, -0.05) is 18.2 Å². The SMILES string of the molecule is CNCC1CCN(C(C)c2ccccc2OC)CC1. The topological polar surface area (TPSA) is 24.5 Å². The van der Waals surface area contributed by atoms with Crippen LogP contribution in [0.5, 0.6) is 5.75 Å². The highest BCUT2D eigenvalue weighted by Crippen LogP contribution is 2.31. The zero-order valence-electron chi connectivity index (χ0n) is 12.4. The maximum absolute atomic E-state index is 5.48. The van der Waals surface area contributed by atoms with E-state index in [2.05, 4.69) is 35.3 Å². The Bertz CT molecular complexity index is 386. The first kappa shape index (κ1) is 14.4. The molecule has 3 heteroatoms. The Morgan fingerprint density at radius 2 is 2.00 bits per heavy atom. The third-order valence-corrected chi connectivity index (χ3v) is 4.28. The minimum Gasteiger partial charge on any atom is -0.496 e. The van der Waals surface area contributed by atoms with E-state index in [1.54, 1.807) is 7.11 Å². The molecule has 0 saturated carbocycles. The molecule has 3 nitrogen and oxygen atoms in total. The molecule has 0 spiro atoms. The van der Waals surface area contributed by atoms with E-state index < -0.39 is 0 Å². The maximum atomic E-state index is 5.48. The molecule has 0 aliphatic carbocycles. The third kappa shape index (κ3) is 3.48. The second-order valence-electron chi connectivity index (χ2n) is 5.45. The quantitative estimate of drug-likeness (QED) is 0.883. The zero-order valence-corrected chi connectivity index (χ0v) is 12.4. The van der Waals surface area contributed by atoms with Crippen molar-refractivity contribution in [3.8, 4) is 5.75 Å². The fraction of sp³-hybridized carbons (Fsp3) is 0.625. The smallest absolute Gasteiger partial charge is 0.123 e. The van der Waals surface area contributed by atoms with Gasteiger partial charge < -0.3 is 10.1 Å². The van der Waals surface area contributed by atoms with Crippen molar-refractivity contribution < 1.29 is 4.74 Å². The van der Waals surface area contributed by atoms with Gasteiger partial charge >= 0.3 is 0 Å². The molecule has 0 bridgehead atoms. The van der Waals surface area contributed by atoms with Gasteiger partial charge in [-0.15, -0.1) is 0 Å². The van der Waals surface area contributed by atoms with Crippen molar-refractivity contribution in [3.05, 3.63) is 29.8 Å². The van der Waals surface area contributed by atoms with Crippen molar-refractivity contribution in [1.29, 1.82) is 0 Å². The van der Waals surface area contributed by atoms with Crippen LogP contribution in [0.25, 0.3) is 0 Å². The molecule has 0 radical (unpaired) electrons. The second-order valence-corrected chi connectivity index (χ2v) is 5.45. The van der Waals surface area contributed by atoms with Crippen LogP contribution in [0, 0.1) is 5.92 Å². The summed E-state index contributed by atoms with van der Waals surface area (Å²) in [4.78, 5) is 2.57. The summed E-state index contributed by atoms with van der Waals surface area (Å²) in [6.45, 7) is 5.81. The van der Waals surface area contributed by atoms with Crippen LogP contribution in [-0.4, -0.2) is 38.7 Å². The van der Waals surface area contributed by atoms with Gasteiger partial charge in [0.05, 0.1) is 7.11 Å². The van der Waals surface area contributed by atoms with Crippen LogP contribution in [0.15, 0.2) is 24.3 Å². The Kier molecular flexibility index (Phi) is 5.23. The number of nitrogens with one attached hydrogen (secondary N) is 1. The fourth-order valence-corrected chi connectivity index (χ4v) is 3.04. The van der Waals surface area contributed by atoms with Crippen molar-refractivity contribution in [2.45, 2.75) is 25.8 Å². The Balaban J connectivity index is 1.99. The summed E-state index contributed by atoms with van der Waals surface area (Å²) in [6.07, 6.45) is 2.58. The molecule has 1 aliphatic heterocycles. The van der Waals surface area contributed by atoms with E-state index in [4.69, 9.17) is 4.74 Å². The van der Waals surface area contributed by atoms with Gasteiger partial charge in [-0.3, -0.25) is 4.90 Å². The Labute approximate surface area is 116 Å². The first-order valence-corrected chi connectivity index (χ1v) is 7.27. The lowest BCUT2D eigenvalue weighted by Crippen LogP contribution is -2.38. The van der Waals surface area contributed by atoms with E-state index in [0.29, 0.717) is 6.04 Å². The molecule has 1 heterocycles. The van der Waals surface area contributed by atoms with Gasteiger partial charge in [0.2, 0.25) is 0 Å². The lowest BCUT2D eigenvalue weighted by Gasteiger charge is -2.36. The standard InChI is InChI=1S/C16H26N2O/c1-13(15-6-4-5-7-16(15)19-3)18-10-8-14(9-11-18)12-17-2/h4-7,13-14,17H,8-12H2,1-3H3. The van der Waals surface area contributed by atoms with Gasteiger partial charge in [0.1, 0.15) is 5.75 Å². The summed E-state index contributed by atoms with van der Waals surface area (Å²) in [5.41, 5.74) is 1.30. The number of nitrogens with zero attached hydrogens (tertiary/aromatic N) is 1. The van der Waals surface area contributed by atoms with Crippen molar-refractivity contribution in [2.24, 2.45) is 5.92 Å². The van der Waals surface area contributed by atoms with Gasteiger partial charge in [-0.25, -0.2) is 0 Å². The molecular weight excluding hydrogens is 236 g/mol. The van der Waals surface area contributed by atoms with Crippen LogP contribution >= 0.6 is 0 Å². The highest BCUT2D eigenvalue weighted by Gasteiger charge is 2.24. The molecule has 1 aromatic rings. The number of methoxy groups -OCH3 is 1. The molecular formula is C16H26N2O. The molecule has 1 atom stereocenters. The van der Waals surface area contributed by atoms with Gasteiger partial charge in [0.25, 0.3) is 0 Å². The van der Waals surface area contributed by atoms with Crippen molar-refractivity contribution in [2.75, 3.05) is 33.8 Å². The lowest BCUT2D eigenvalue weighted by molar-refractivity contribution is 0.139. The van der Waals surface area contributed by atoms with Crippen LogP contribution in [0.4, 0.5) is 0 Å². The van der Waals surface area contributed by atoms with Crippen molar-refractivity contribution in [1.82, 2.24) is 10.2 Å². The van der Waals surface area contributed by atoms with Crippen molar-refractivity contribution >= 4 is 0 Å². The van der Waals surface area contributed by atoms with E-state index >= 15 is 0 Å². The number of hydrogen-bond donors (Lipinski definition) is 1. The fourth-order valence-electron chi connectivity index (χ4n) is 3.04. The minimum atomic E-state index is 0.437.